The van der Waals surface area contributed by atoms with Gasteiger partial charge in [0.2, 0.25) is 0 Å². The predicted octanol–water partition coefficient (Wildman–Crippen LogP) is 1.37. The van der Waals surface area contributed by atoms with E-state index in [1.807, 2.05) is 0 Å². The van der Waals surface area contributed by atoms with Gasteiger partial charge in [-0.05, 0) is 24.6 Å². The minimum absolute atomic E-state index is 0.116. The predicted molar refractivity (Wildman–Crippen MR) is 71.5 cm³/mol. The van der Waals surface area contributed by atoms with E-state index in [4.69, 9.17) is 9.84 Å². The van der Waals surface area contributed by atoms with Crippen LogP contribution >= 0.6 is 0 Å². The van der Waals surface area contributed by atoms with Crippen LogP contribution in [-0.2, 0) is 9.59 Å². The highest BCUT2D eigenvalue weighted by molar-refractivity contribution is 5.97. The standard InChI is InChI=1S/C14H15NO5/c1-3-5-12(14(18)19)15-13(17)10-6-4-7-11(8-10)20-9(2)16/h3-4,6-8,12H,1,5H2,2H3,(H,15,17)(H,18,19)/t12-/m1/s1. The zero-order valence-electron chi connectivity index (χ0n) is 11.0. The van der Waals surface area contributed by atoms with Crippen LogP contribution in [0.1, 0.15) is 23.7 Å². The monoisotopic (exact) mass is 277 g/mol. The van der Waals surface area contributed by atoms with Gasteiger partial charge in [-0.25, -0.2) is 4.79 Å². The number of carboxylic acids is 1. The first-order valence-corrected chi connectivity index (χ1v) is 5.87. The molecule has 1 amide bonds. The van der Waals surface area contributed by atoms with Gasteiger partial charge in [0, 0.05) is 12.5 Å². The number of carboxylic acid groups (broad SMARTS) is 1. The van der Waals surface area contributed by atoms with Crippen molar-refractivity contribution >= 4 is 17.8 Å². The molecule has 0 aliphatic rings. The molecule has 0 aromatic heterocycles. The lowest BCUT2D eigenvalue weighted by Crippen LogP contribution is -2.40. The normalized spacial score (nSPS) is 11.2. The fourth-order valence-corrected chi connectivity index (χ4v) is 1.50. The molecule has 0 saturated carbocycles. The molecule has 0 unspecified atom stereocenters. The zero-order valence-corrected chi connectivity index (χ0v) is 11.0. The Kier molecular flexibility index (Phi) is 5.46. The molecule has 0 spiro atoms. The summed E-state index contributed by atoms with van der Waals surface area (Å²) in [6, 6.07) is 4.88. The summed E-state index contributed by atoms with van der Waals surface area (Å²) in [6.07, 6.45) is 1.53. The summed E-state index contributed by atoms with van der Waals surface area (Å²) in [5.74, 6) is -1.99. The fourth-order valence-electron chi connectivity index (χ4n) is 1.50. The molecule has 0 saturated heterocycles. The van der Waals surface area contributed by atoms with E-state index in [0.29, 0.717) is 0 Å². The molecule has 6 heteroatoms. The third kappa shape index (κ3) is 4.56. The minimum atomic E-state index is -1.14. The first-order valence-electron chi connectivity index (χ1n) is 5.87. The van der Waals surface area contributed by atoms with E-state index in [9.17, 15) is 14.4 Å². The molecule has 0 heterocycles. The molecule has 1 atom stereocenters. The van der Waals surface area contributed by atoms with Crippen molar-refractivity contribution < 1.29 is 24.2 Å². The topological polar surface area (TPSA) is 92.7 Å². The van der Waals surface area contributed by atoms with Crippen LogP contribution in [0, 0.1) is 0 Å². The van der Waals surface area contributed by atoms with Crippen molar-refractivity contribution in [1.82, 2.24) is 5.32 Å². The van der Waals surface area contributed by atoms with Gasteiger partial charge in [-0.2, -0.15) is 0 Å². The average Bonchev–Trinajstić information content (AvgIpc) is 2.37. The molecule has 0 fully saturated rings. The van der Waals surface area contributed by atoms with Crippen molar-refractivity contribution in [2.45, 2.75) is 19.4 Å². The summed E-state index contributed by atoms with van der Waals surface area (Å²) >= 11 is 0. The smallest absolute Gasteiger partial charge is 0.326 e. The summed E-state index contributed by atoms with van der Waals surface area (Å²) in [5.41, 5.74) is 0.207. The Morgan fingerprint density at radius 2 is 2.15 bits per heavy atom. The summed E-state index contributed by atoms with van der Waals surface area (Å²) in [6.45, 7) is 4.68. The second kappa shape index (κ2) is 7.08. The maximum Gasteiger partial charge on any atom is 0.326 e. The number of carbonyl (C=O) groups is 3. The Hall–Kier alpha value is -2.63. The number of hydrogen-bond acceptors (Lipinski definition) is 4. The first-order chi connectivity index (χ1) is 9.43. The quantitative estimate of drug-likeness (QED) is 0.465. The Bertz CT molecular complexity index is 538. The highest BCUT2D eigenvalue weighted by atomic mass is 16.5. The largest absolute Gasteiger partial charge is 0.480 e. The van der Waals surface area contributed by atoms with Gasteiger partial charge in [0.05, 0.1) is 0 Å². The molecule has 0 aliphatic heterocycles. The van der Waals surface area contributed by atoms with Crippen LogP contribution in [0.3, 0.4) is 0 Å². The third-order valence-corrected chi connectivity index (χ3v) is 2.36. The van der Waals surface area contributed by atoms with Gasteiger partial charge in [0.25, 0.3) is 5.91 Å². The summed E-state index contributed by atoms with van der Waals surface area (Å²) < 4.78 is 4.85. The molecule has 1 rings (SSSR count). The van der Waals surface area contributed by atoms with Crippen molar-refractivity contribution in [3.05, 3.63) is 42.5 Å². The van der Waals surface area contributed by atoms with Crippen LogP contribution in [0.25, 0.3) is 0 Å². The van der Waals surface area contributed by atoms with Crippen LogP contribution in [-0.4, -0.2) is 29.0 Å². The van der Waals surface area contributed by atoms with Gasteiger partial charge in [-0.3, -0.25) is 9.59 Å². The lowest BCUT2D eigenvalue weighted by Gasteiger charge is -2.12. The van der Waals surface area contributed by atoms with Gasteiger partial charge >= 0.3 is 11.9 Å². The molecule has 1 aromatic carbocycles. The highest BCUT2D eigenvalue weighted by Crippen LogP contribution is 2.13. The maximum atomic E-state index is 11.9. The molecule has 6 nitrogen and oxygen atoms in total. The summed E-state index contributed by atoms with van der Waals surface area (Å²) in [4.78, 5) is 33.7. The highest BCUT2D eigenvalue weighted by Gasteiger charge is 2.19. The number of esters is 1. The number of carbonyl (C=O) groups excluding carboxylic acids is 2. The van der Waals surface area contributed by atoms with Gasteiger partial charge in [0.15, 0.2) is 0 Å². The van der Waals surface area contributed by atoms with Crippen molar-refractivity contribution in [3.8, 4) is 5.75 Å². The van der Waals surface area contributed by atoms with E-state index in [1.165, 1.54) is 37.3 Å². The molecule has 20 heavy (non-hydrogen) atoms. The second-order valence-corrected chi connectivity index (χ2v) is 4.01. The summed E-state index contributed by atoms with van der Waals surface area (Å²) in [7, 11) is 0. The van der Waals surface area contributed by atoms with Crippen molar-refractivity contribution in [2.24, 2.45) is 0 Å². The second-order valence-electron chi connectivity index (χ2n) is 4.01. The lowest BCUT2D eigenvalue weighted by atomic mass is 10.1. The Labute approximate surface area is 116 Å². The van der Waals surface area contributed by atoms with E-state index < -0.39 is 23.9 Å². The Morgan fingerprint density at radius 1 is 1.45 bits per heavy atom. The van der Waals surface area contributed by atoms with Crippen LogP contribution in [0.5, 0.6) is 5.75 Å². The molecule has 1 aromatic rings. The number of benzene rings is 1. The van der Waals surface area contributed by atoms with Crippen LogP contribution in [0.15, 0.2) is 36.9 Å². The van der Waals surface area contributed by atoms with Crippen molar-refractivity contribution in [2.75, 3.05) is 0 Å². The first kappa shape index (κ1) is 15.4. The molecular weight excluding hydrogens is 262 g/mol. The molecule has 0 bridgehead atoms. The number of hydrogen-bond donors (Lipinski definition) is 2. The van der Waals surface area contributed by atoms with E-state index in [0.717, 1.165) is 0 Å². The van der Waals surface area contributed by atoms with Crippen molar-refractivity contribution in [1.29, 1.82) is 0 Å². The van der Waals surface area contributed by atoms with Gasteiger partial charge in [-0.15, -0.1) is 6.58 Å². The SMILES string of the molecule is C=CC[C@@H](NC(=O)c1cccc(OC(C)=O)c1)C(=O)O. The van der Waals surface area contributed by atoms with Crippen LogP contribution in [0.4, 0.5) is 0 Å². The Morgan fingerprint density at radius 3 is 2.70 bits per heavy atom. The van der Waals surface area contributed by atoms with E-state index >= 15 is 0 Å². The minimum Gasteiger partial charge on any atom is -0.480 e. The van der Waals surface area contributed by atoms with Crippen LogP contribution in [0.2, 0.25) is 0 Å². The van der Waals surface area contributed by atoms with E-state index in [2.05, 4.69) is 11.9 Å². The van der Waals surface area contributed by atoms with Crippen LogP contribution < -0.4 is 10.1 Å². The number of ether oxygens (including phenoxy) is 1. The molecule has 0 aliphatic carbocycles. The van der Waals surface area contributed by atoms with E-state index in [-0.39, 0.29) is 17.7 Å². The maximum absolute atomic E-state index is 11.9. The number of nitrogens with one attached hydrogen (secondary N) is 1. The molecule has 2 N–H and O–H groups in total. The zero-order chi connectivity index (χ0) is 15.1. The number of aliphatic carboxylic acids is 1. The molecule has 0 radical (unpaired) electrons. The summed E-state index contributed by atoms with van der Waals surface area (Å²) in [5, 5.41) is 11.3. The van der Waals surface area contributed by atoms with Crippen molar-refractivity contribution in [3.63, 3.8) is 0 Å². The average molecular weight is 277 g/mol. The van der Waals surface area contributed by atoms with Gasteiger partial charge in [-0.1, -0.05) is 12.1 Å². The molecule has 106 valence electrons. The molecular formula is C14H15NO5. The van der Waals surface area contributed by atoms with E-state index in [1.54, 1.807) is 0 Å². The lowest BCUT2D eigenvalue weighted by molar-refractivity contribution is -0.139. The Balaban J connectivity index is 2.83. The van der Waals surface area contributed by atoms with Gasteiger partial charge in [0.1, 0.15) is 11.8 Å². The fraction of sp³-hybridized carbons (Fsp3) is 0.214. The van der Waals surface area contributed by atoms with Gasteiger partial charge < -0.3 is 15.2 Å². The third-order valence-electron chi connectivity index (χ3n) is 2.36. The number of rotatable bonds is 6. The number of amides is 1.